The van der Waals surface area contributed by atoms with Crippen molar-refractivity contribution in [1.29, 1.82) is 0 Å². The normalized spacial score (nSPS) is 29.9. The van der Waals surface area contributed by atoms with Crippen molar-refractivity contribution in [2.24, 2.45) is 5.92 Å². The van der Waals surface area contributed by atoms with Crippen LogP contribution < -0.4 is 15.5 Å². The predicted molar refractivity (Wildman–Crippen MR) is 168 cm³/mol. The van der Waals surface area contributed by atoms with Gasteiger partial charge in [0.15, 0.2) is 5.60 Å². The summed E-state index contributed by atoms with van der Waals surface area (Å²) < 4.78 is 23.1. The van der Waals surface area contributed by atoms with Gasteiger partial charge in [0.25, 0.3) is 5.91 Å². The van der Waals surface area contributed by atoms with E-state index in [1.165, 1.54) is 0 Å². The topological polar surface area (TPSA) is 111 Å². The number of fused-ring (bicyclic) bond motifs is 2. The third kappa shape index (κ3) is 5.37. The van der Waals surface area contributed by atoms with Gasteiger partial charge in [-0.2, -0.15) is 0 Å². The summed E-state index contributed by atoms with van der Waals surface area (Å²) in [5.41, 5.74) is 0.594. The molecule has 6 rings (SSSR count). The minimum atomic E-state index is -3.47. The molecule has 4 heterocycles. The molecule has 0 radical (unpaired) electrons. The number of rotatable bonds is 8. The molecule has 3 N–H and O–H groups in total. The Hall–Kier alpha value is -3.12. The zero-order valence-corrected chi connectivity index (χ0v) is 26.7. The fraction of sp³-hybridized carbons (Fsp3) is 0.545. The van der Waals surface area contributed by atoms with Crippen LogP contribution in [0.1, 0.15) is 50.2 Å². The van der Waals surface area contributed by atoms with Gasteiger partial charge in [-0.1, -0.05) is 37.3 Å². The Morgan fingerprint density at radius 2 is 1.93 bits per heavy atom. The Balaban J connectivity index is 1.39. The molecule has 2 aromatic rings. The summed E-state index contributed by atoms with van der Waals surface area (Å²) in [5.74, 6) is -1.16. The Morgan fingerprint density at radius 1 is 1.16 bits per heavy atom. The number of ether oxygens (including phenoxy) is 1. The number of nitrogens with one attached hydrogen (secondary N) is 2. The van der Waals surface area contributed by atoms with Gasteiger partial charge in [-0.15, -0.1) is 0 Å². The van der Waals surface area contributed by atoms with Crippen LogP contribution in [-0.2, 0) is 31.3 Å². The number of hydrogen-bond acceptors (Lipinski definition) is 6. The first kappa shape index (κ1) is 30.9. The highest BCUT2D eigenvalue weighted by Gasteiger charge is 2.67. The summed E-state index contributed by atoms with van der Waals surface area (Å²) in [4.78, 5) is 44.6. The first-order valence-corrected chi connectivity index (χ1v) is 18.8. The van der Waals surface area contributed by atoms with E-state index in [4.69, 9.17) is 4.74 Å². The van der Waals surface area contributed by atoms with Crippen molar-refractivity contribution in [3.63, 3.8) is 0 Å². The van der Waals surface area contributed by atoms with Crippen molar-refractivity contribution < 1.29 is 28.3 Å². The number of aliphatic hydroxyl groups excluding tert-OH is 1. The fourth-order valence-electron chi connectivity index (χ4n) is 8.03. The minimum Gasteiger partial charge on any atom is -0.394 e. The molecular weight excluding hydrogens is 579 g/mol. The van der Waals surface area contributed by atoms with Crippen LogP contribution in [0.5, 0.6) is 0 Å². The molecule has 4 aliphatic heterocycles. The molecule has 11 heteroatoms. The average Bonchev–Trinajstić information content (AvgIpc) is 3.78. The molecule has 0 aromatic heterocycles. The van der Waals surface area contributed by atoms with Gasteiger partial charge in [-0.05, 0) is 69.1 Å². The van der Waals surface area contributed by atoms with Crippen LogP contribution in [0.25, 0.3) is 0 Å². The highest BCUT2D eigenvalue weighted by atomic mass is 28.4. The van der Waals surface area contributed by atoms with Crippen LogP contribution in [0.3, 0.4) is 0 Å². The van der Waals surface area contributed by atoms with E-state index in [9.17, 15) is 19.5 Å². The van der Waals surface area contributed by atoms with Crippen molar-refractivity contribution in [2.45, 2.75) is 88.0 Å². The van der Waals surface area contributed by atoms with Crippen molar-refractivity contribution >= 4 is 37.5 Å². The molecule has 3 amide bonds. The molecule has 0 saturated carbocycles. The average molecular weight is 623 g/mol. The van der Waals surface area contributed by atoms with E-state index in [2.05, 4.69) is 10.6 Å². The maximum absolute atomic E-state index is 16.3. The summed E-state index contributed by atoms with van der Waals surface area (Å²) in [5, 5.41) is 16.1. The molecule has 0 unspecified atom stereocenters. The molecule has 3 saturated heterocycles. The molecular formula is C33H43FN4O5Si. The summed E-state index contributed by atoms with van der Waals surface area (Å²) >= 11 is 0. The third-order valence-corrected chi connectivity index (χ3v) is 12.5. The van der Waals surface area contributed by atoms with Gasteiger partial charge in [0.05, 0.1) is 43.4 Å². The highest BCUT2D eigenvalue weighted by molar-refractivity contribution is 6.72. The van der Waals surface area contributed by atoms with Crippen molar-refractivity contribution in [2.75, 3.05) is 29.9 Å². The van der Waals surface area contributed by atoms with Gasteiger partial charge in [0.1, 0.15) is 0 Å². The van der Waals surface area contributed by atoms with E-state index < -0.39 is 31.6 Å². The molecule has 4 aliphatic rings. The van der Waals surface area contributed by atoms with Crippen LogP contribution in [-0.4, -0.2) is 74.0 Å². The van der Waals surface area contributed by atoms with Gasteiger partial charge in [0, 0.05) is 29.3 Å². The quantitative estimate of drug-likeness (QED) is 0.303. The SMILES string of the molecule is C[C@@H]1[C@@H]([Si](C)(C)F)[C@H](CC(=O)N2CCC[C@H]2CO)O[C@@]12C(=O)N(Cc1ccccc1)c1ccc(NC(=O)[C@H]3CCCN3)cc12. The number of anilines is 2. The first-order valence-electron chi connectivity index (χ1n) is 15.9. The summed E-state index contributed by atoms with van der Waals surface area (Å²) in [6, 6.07) is 14.6. The van der Waals surface area contributed by atoms with Gasteiger partial charge >= 0.3 is 0 Å². The summed E-state index contributed by atoms with van der Waals surface area (Å²) in [7, 11) is -3.47. The molecule has 9 nitrogen and oxygen atoms in total. The molecule has 1 spiro atoms. The number of carbonyl (C=O) groups excluding carboxylic acids is 3. The number of amides is 3. The number of benzene rings is 2. The maximum atomic E-state index is 16.3. The minimum absolute atomic E-state index is 0.0569. The van der Waals surface area contributed by atoms with Gasteiger partial charge in [0.2, 0.25) is 20.2 Å². The van der Waals surface area contributed by atoms with Crippen LogP contribution in [0.15, 0.2) is 48.5 Å². The van der Waals surface area contributed by atoms with Gasteiger partial charge in [-0.3, -0.25) is 14.4 Å². The van der Waals surface area contributed by atoms with Crippen molar-refractivity contribution in [3.05, 3.63) is 59.7 Å². The number of likely N-dealkylation sites (tertiary alicyclic amines) is 1. The first-order chi connectivity index (χ1) is 21.0. The van der Waals surface area contributed by atoms with Crippen LogP contribution in [0.4, 0.5) is 15.5 Å². The highest BCUT2D eigenvalue weighted by Crippen LogP contribution is 2.60. The zero-order valence-electron chi connectivity index (χ0n) is 25.7. The molecule has 3 fully saturated rings. The lowest BCUT2D eigenvalue weighted by atomic mass is 9.82. The molecule has 2 aromatic carbocycles. The largest absolute Gasteiger partial charge is 0.394 e. The maximum Gasteiger partial charge on any atom is 0.264 e. The van der Waals surface area contributed by atoms with Crippen molar-refractivity contribution in [3.8, 4) is 0 Å². The van der Waals surface area contributed by atoms with Crippen LogP contribution in [0.2, 0.25) is 18.6 Å². The van der Waals surface area contributed by atoms with E-state index >= 15 is 4.11 Å². The Bertz CT molecular complexity index is 1410. The molecule has 6 atom stereocenters. The fourth-order valence-corrected chi connectivity index (χ4v) is 10.5. The lowest BCUT2D eigenvalue weighted by Crippen LogP contribution is -2.45. The predicted octanol–water partition coefficient (Wildman–Crippen LogP) is 4.07. The smallest absolute Gasteiger partial charge is 0.264 e. The van der Waals surface area contributed by atoms with E-state index in [1.54, 1.807) is 35.0 Å². The Labute approximate surface area is 259 Å². The van der Waals surface area contributed by atoms with Crippen molar-refractivity contribution in [1.82, 2.24) is 10.2 Å². The summed E-state index contributed by atoms with van der Waals surface area (Å²) in [6.07, 6.45) is 2.36. The van der Waals surface area contributed by atoms with E-state index in [0.29, 0.717) is 30.0 Å². The standard InChI is InChI=1S/C33H43FN4O5Si/c1-21-30(44(2,3)34)28(18-29(40)37-16-8-11-24(37)20-39)43-33(21)25-17-23(36-31(41)26-12-7-15-35-26)13-14-27(25)38(32(33)42)19-22-9-5-4-6-10-22/h4-6,9-10,13-14,17,21,24,26,28,30,35,39H,7-8,11-12,15-16,18-20H2,1-3H3,(H,36,41)/t21-,24+,26-,28+,30-,33+/m1/s1. The number of halogens is 1. The zero-order chi connectivity index (χ0) is 31.2. The summed E-state index contributed by atoms with van der Waals surface area (Å²) in [6.45, 7) is 6.64. The lowest BCUT2D eigenvalue weighted by molar-refractivity contribution is -0.150. The number of nitrogens with zero attached hydrogens (tertiary/aromatic N) is 2. The number of aliphatic hydroxyl groups is 1. The van der Waals surface area contributed by atoms with E-state index in [0.717, 1.165) is 37.8 Å². The molecule has 236 valence electrons. The third-order valence-electron chi connectivity index (χ3n) is 10.1. The van der Waals surface area contributed by atoms with E-state index in [-0.39, 0.29) is 42.8 Å². The monoisotopic (exact) mass is 622 g/mol. The van der Waals surface area contributed by atoms with Crippen LogP contribution >= 0.6 is 0 Å². The second kappa shape index (κ2) is 12.0. The second-order valence-corrected chi connectivity index (χ2v) is 17.1. The lowest BCUT2D eigenvalue weighted by Gasteiger charge is -2.31. The molecule has 0 bridgehead atoms. The van der Waals surface area contributed by atoms with Gasteiger partial charge in [-0.25, -0.2) is 0 Å². The molecule has 44 heavy (non-hydrogen) atoms. The molecule has 0 aliphatic carbocycles. The second-order valence-electron chi connectivity index (χ2n) is 13.3. The van der Waals surface area contributed by atoms with E-state index in [1.807, 2.05) is 43.3 Å². The van der Waals surface area contributed by atoms with Gasteiger partial charge < -0.3 is 34.4 Å². The number of carbonyl (C=O) groups is 3. The van der Waals surface area contributed by atoms with Crippen LogP contribution in [0, 0.1) is 5.92 Å². The Morgan fingerprint density at radius 3 is 2.61 bits per heavy atom. The number of hydrogen-bond donors (Lipinski definition) is 3. The Kier molecular flexibility index (Phi) is 8.42.